The summed E-state index contributed by atoms with van der Waals surface area (Å²) in [5, 5.41) is 4.63. The first-order valence-electron chi connectivity index (χ1n) is 14.7. The number of anilines is 1. The number of carbonyl (C=O) groups is 2. The molecule has 0 bridgehead atoms. The van der Waals surface area contributed by atoms with Gasteiger partial charge in [-0.3, -0.25) is 13.9 Å². The fourth-order valence-electron chi connectivity index (χ4n) is 5.56. The fraction of sp³-hybridized carbons (Fsp3) is 0.294. The van der Waals surface area contributed by atoms with Crippen LogP contribution >= 0.6 is 15.9 Å². The van der Waals surface area contributed by atoms with Gasteiger partial charge in [-0.1, -0.05) is 96.0 Å². The summed E-state index contributed by atoms with van der Waals surface area (Å²) in [6.45, 7) is 3.04. The van der Waals surface area contributed by atoms with Crippen LogP contribution in [0.3, 0.4) is 0 Å². The molecule has 7 nitrogen and oxygen atoms in total. The molecule has 1 heterocycles. The minimum atomic E-state index is -3.71. The maximum absolute atomic E-state index is 14.0. The molecule has 0 fully saturated rings. The second-order valence-corrected chi connectivity index (χ2v) is 13.6. The SMILES string of the molecule is CCCCNC(=O)C(Cc1ccccc1)N(Cc1ccc(Br)cc1)C(=O)CCCN1c2cccc3cccc(c23)S1(=O)=O. The Labute approximate surface area is 262 Å². The molecule has 1 aliphatic rings. The summed E-state index contributed by atoms with van der Waals surface area (Å²) in [4.78, 5) is 29.6. The van der Waals surface area contributed by atoms with Gasteiger partial charge in [-0.2, -0.15) is 0 Å². The molecule has 0 saturated heterocycles. The number of amides is 2. The molecule has 9 heteroatoms. The van der Waals surface area contributed by atoms with Gasteiger partial charge in [0.1, 0.15) is 6.04 Å². The Bertz CT molecular complexity index is 1690. The van der Waals surface area contributed by atoms with Crippen molar-refractivity contribution < 1.29 is 18.0 Å². The van der Waals surface area contributed by atoms with E-state index in [0.717, 1.165) is 39.2 Å². The summed E-state index contributed by atoms with van der Waals surface area (Å²) >= 11 is 3.47. The van der Waals surface area contributed by atoms with E-state index in [0.29, 0.717) is 30.0 Å². The average Bonchev–Trinajstić information content (AvgIpc) is 3.23. The molecule has 4 aromatic carbocycles. The number of nitrogens with zero attached hydrogens (tertiary/aromatic N) is 2. The number of unbranched alkanes of at least 4 members (excludes halogenated alkanes) is 1. The minimum Gasteiger partial charge on any atom is -0.354 e. The van der Waals surface area contributed by atoms with Crippen LogP contribution in [0.5, 0.6) is 0 Å². The van der Waals surface area contributed by atoms with Crippen LogP contribution in [0.15, 0.2) is 100 Å². The van der Waals surface area contributed by atoms with Crippen LogP contribution in [0.2, 0.25) is 0 Å². The number of rotatable bonds is 13. The first kappa shape index (κ1) is 30.8. The van der Waals surface area contributed by atoms with Gasteiger partial charge < -0.3 is 10.2 Å². The Balaban J connectivity index is 1.38. The van der Waals surface area contributed by atoms with Crippen molar-refractivity contribution >= 4 is 54.2 Å². The lowest BCUT2D eigenvalue weighted by Crippen LogP contribution is -2.50. The second-order valence-electron chi connectivity index (χ2n) is 10.8. The molecule has 4 aromatic rings. The highest BCUT2D eigenvalue weighted by atomic mass is 79.9. The Morgan fingerprint density at radius 1 is 0.884 bits per heavy atom. The van der Waals surface area contributed by atoms with Gasteiger partial charge in [-0.15, -0.1) is 0 Å². The molecule has 1 aliphatic heterocycles. The van der Waals surface area contributed by atoms with Crippen LogP contribution in [0.4, 0.5) is 5.69 Å². The van der Waals surface area contributed by atoms with E-state index in [1.807, 2.05) is 78.9 Å². The lowest BCUT2D eigenvalue weighted by molar-refractivity contribution is -0.141. The number of hydrogen-bond acceptors (Lipinski definition) is 4. The predicted molar refractivity (Wildman–Crippen MR) is 174 cm³/mol. The van der Waals surface area contributed by atoms with Crippen molar-refractivity contribution in [1.29, 1.82) is 0 Å². The van der Waals surface area contributed by atoms with Crippen molar-refractivity contribution in [2.24, 2.45) is 0 Å². The summed E-state index contributed by atoms with van der Waals surface area (Å²) in [6, 6.07) is 27.6. The molecular weight excluding hydrogens is 626 g/mol. The highest BCUT2D eigenvalue weighted by molar-refractivity contribution is 9.10. The molecule has 0 radical (unpaired) electrons. The first-order chi connectivity index (χ1) is 20.8. The molecule has 1 N–H and O–H groups in total. The van der Waals surface area contributed by atoms with Gasteiger partial charge in [0.05, 0.1) is 10.6 Å². The van der Waals surface area contributed by atoms with Crippen molar-refractivity contribution in [1.82, 2.24) is 10.2 Å². The predicted octanol–water partition coefficient (Wildman–Crippen LogP) is 6.45. The van der Waals surface area contributed by atoms with Crippen molar-refractivity contribution in [2.75, 3.05) is 17.4 Å². The summed E-state index contributed by atoms with van der Waals surface area (Å²) in [5.74, 6) is -0.381. The molecule has 5 rings (SSSR count). The van der Waals surface area contributed by atoms with Crippen LogP contribution in [0.25, 0.3) is 10.8 Å². The number of halogens is 1. The van der Waals surface area contributed by atoms with Gasteiger partial charge in [0.2, 0.25) is 11.8 Å². The van der Waals surface area contributed by atoms with Crippen molar-refractivity contribution in [3.05, 3.63) is 107 Å². The van der Waals surface area contributed by atoms with E-state index < -0.39 is 16.1 Å². The van der Waals surface area contributed by atoms with E-state index in [9.17, 15) is 18.0 Å². The zero-order valence-corrected chi connectivity index (χ0v) is 26.6. The quantitative estimate of drug-likeness (QED) is 0.167. The zero-order chi connectivity index (χ0) is 30.4. The van der Waals surface area contributed by atoms with Gasteiger partial charge in [-0.25, -0.2) is 8.42 Å². The van der Waals surface area contributed by atoms with Gasteiger partial charge in [0, 0.05) is 42.3 Å². The highest BCUT2D eigenvalue weighted by Gasteiger charge is 2.36. The summed E-state index contributed by atoms with van der Waals surface area (Å²) in [6.07, 6.45) is 2.59. The molecule has 1 unspecified atom stereocenters. The van der Waals surface area contributed by atoms with Crippen molar-refractivity contribution in [3.8, 4) is 0 Å². The van der Waals surface area contributed by atoms with Crippen molar-refractivity contribution in [2.45, 2.75) is 56.5 Å². The number of nitrogens with one attached hydrogen (secondary N) is 1. The number of benzene rings is 4. The van der Waals surface area contributed by atoms with Crippen LogP contribution in [-0.2, 0) is 32.6 Å². The monoisotopic (exact) mass is 661 g/mol. The largest absolute Gasteiger partial charge is 0.354 e. The van der Waals surface area contributed by atoms with Gasteiger partial charge in [-0.05, 0) is 53.6 Å². The third-order valence-electron chi connectivity index (χ3n) is 7.80. The molecule has 0 aliphatic carbocycles. The first-order valence-corrected chi connectivity index (χ1v) is 16.9. The molecule has 1 atom stereocenters. The van der Waals surface area contributed by atoms with Gasteiger partial charge in [0.15, 0.2) is 0 Å². The molecule has 2 amide bonds. The van der Waals surface area contributed by atoms with E-state index in [-0.39, 0.29) is 31.3 Å². The Morgan fingerprint density at radius 3 is 2.33 bits per heavy atom. The number of sulfonamides is 1. The summed E-state index contributed by atoms with van der Waals surface area (Å²) in [7, 11) is -3.71. The topological polar surface area (TPSA) is 86.8 Å². The molecule has 0 saturated carbocycles. The third-order valence-corrected chi connectivity index (χ3v) is 10.2. The number of carbonyl (C=O) groups excluding carboxylic acids is 2. The van der Waals surface area contributed by atoms with E-state index >= 15 is 0 Å². The smallest absolute Gasteiger partial charge is 0.265 e. The third kappa shape index (κ3) is 6.94. The summed E-state index contributed by atoms with van der Waals surface area (Å²) in [5.41, 5.74) is 2.51. The van der Waals surface area contributed by atoms with Gasteiger partial charge in [0.25, 0.3) is 10.0 Å². The highest BCUT2D eigenvalue weighted by Crippen LogP contribution is 2.42. The standard InChI is InChI=1S/C34H36BrN3O4S/c1-2-3-21-36-34(40)30(23-25-10-5-4-6-11-25)37(24-26-17-19-28(35)20-18-26)32(39)16-9-22-38-29-14-7-12-27-13-8-15-31(33(27)29)43(38,41)42/h4-8,10-15,17-20,30H,2-3,9,16,21-24H2,1H3,(H,36,40). The molecule has 0 aromatic heterocycles. The Morgan fingerprint density at radius 2 is 1.60 bits per heavy atom. The number of hydrogen-bond donors (Lipinski definition) is 1. The van der Waals surface area contributed by atoms with E-state index in [4.69, 9.17) is 0 Å². The maximum atomic E-state index is 14.0. The van der Waals surface area contributed by atoms with E-state index in [2.05, 4.69) is 28.2 Å². The fourth-order valence-corrected chi connectivity index (χ4v) is 7.58. The van der Waals surface area contributed by atoms with Crippen LogP contribution in [-0.4, -0.2) is 44.3 Å². The average molecular weight is 663 g/mol. The van der Waals surface area contributed by atoms with Crippen LogP contribution in [0.1, 0.15) is 43.7 Å². The minimum absolute atomic E-state index is 0.0996. The van der Waals surface area contributed by atoms with Gasteiger partial charge >= 0.3 is 0 Å². The lowest BCUT2D eigenvalue weighted by atomic mass is 10.0. The zero-order valence-electron chi connectivity index (χ0n) is 24.2. The summed E-state index contributed by atoms with van der Waals surface area (Å²) < 4.78 is 29.2. The van der Waals surface area contributed by atoms with Crippen molar-refractivity contribution in [3.63, 3.8) is 0 Å². The van der Waals surface area contributed by atoms with Crippen LogP contribution in [0, 0.1) is 0 Å². The maximum Gasteiger partial charge on any atom is 0.265 e. The van der Waals surface area contributed by atoms with Crippen LogP contribution < -0.4 is 9.62 Å². The lowest BCUT2D eigenvalue weighted by Gasteiger charge is -2.32. The Kier molecular flexibility index (Phi) is 9.82. The molecule has 224 valence electrons. The Hall–Kier alpha value is -3.69. The normalized spacial score (nSPS) is 14.0. The molecule has 43 heavy (non-hydrogen) atoms. The molecule has 0 spiro atoms. The van der Waals surface area contributed by atoms with E-state index in [1.165, 1.54) is 4.31 Å². The second kappa shape index (κ2) is 13.7. The molecular formula is C34H36BrN3O4S. The van der Waals surface area contributed by atoms with E-state index in [1.54, 1.807) is 17.0 Å².